The SMILES string of the molecule is OC1CCC2C(C=CC3CC(O)CCC32)C1. The van der Waals surface area contributed by atoms with Crippen molar-refractivity contribution in [3.05, 3.63) is 12.2 Å². The van der Waals surface area contributed by atoms with Crippen molar-refractivity contribution >= 4 is 0 Å². The molecule has 0 spiro atoms. The standard InChI is InChI=1S/C14H22O2/c15-11-3-5-13-9(7-11)1-2-10-8-12(16)4-6-14(10)13/h1-2,9-16H,3-8H2. The van der Waals surface area contributed by atoms with E-state index in [2.05, 4.69) is 12.2 Å². The normalized spacial score (nSPS) is 51.9. The van der Waals surface area contributed by atoms with Crippen LogP contribution >= 0.6 is 0 Å². The summed E-state index contributed by atoms with van der Waals surface area (Å²) in [6, 6.07) is 0. The van der Waals surface area contributed by atoms with Crippen LogP contribution in [0.2, 0.25) is 0 Å². The fourth-order valence-corrected chi connectivity index (χ4v) is 4.20. The molecule has 0 aliphatic heterocycles. The summed E-state index contributed by atoms with van der Waals surface area (Å²) in [4.78, 5) is 0. The molecule has 3 aliphatic carbocycles. The lowest BCUT2D eigenvalue weighted by molar-refractivity contribution is 0.00710. The van der Waals surface area contributed by atoms with Gasteiger partial charge in [0, 0.05) is 0 Å². The minimum absolute atomic E-state index is 0.0726. The number of aliphatic hydroxyl groups excluding tert-OH is 2. The molecule has 2 nitrogen and oxygen atoms in total. The molecule has 0 aromatic carbocycles. The van der Waals surface area contributed by atoms with Crippen LogP contribution in [0, 0.1) is 23.7 Å². The van der Waals surface area contributed by atoms with Crippen LogP contribution in [0.25, 0.3) is 0 Å². The van der Waals surface area contributed by atoms with Crippen LogP contribution in [0.4, 0.5) is 0 Å². The van der Waals surface area contributed by atoms with Crippen molar-refractivity contribution < 1.29 is 10.2 Å². The molecule has 3 aliphatic rings. The molecule has 0 heterocycles. The first-order valence-electron chi connectivity index (χ1n) is 6.78. The number of rotatable bonds is 0. The summed E-state index contributed by atoms with van der Waals surface area (Å²) >= 11 is 0. The van der Waals surface area contributed by atoms with E-state index < -0.39 is 0 Å². The lowest BCUT2D eigenvalue weighted by atomic mass is 9.60. The first-order valence-corrected chi connectivity index (χ1v) is 6.78. The highest BCUT2D eigenvalue weighted by Crippen LogP contribution is 2.48. The maximum absolute atomic E-state index is 9.71. The molecule has 2 saturated carbocycles. The summed E-state index contributed by atoms with van der Waals surface area (Å²) in [6.07, 6.45) is 10.8. The molecule has 0 saturated heterocycles. The van der Waals surface area contributed by atoms with Gasteiger partial charge in [0.1, 0.15) is 0 Å². The van der Waals surface area contributed by atoms with Gasteiger partial charge < -0.3 is 10.2 Å². The smallest absolute Gasteiger partial charge is 0.0546 e. The van der Waals surface area contributed by atoms with Crippen LogP contribution in [0.3, 0.4) is 0 Å². The Labute approximate surface area is 97.4 Å². The average Bonchev–Trinajstić information content (AvgIpc) is 2.28. The number of hydrogen-bond acceptors (Lipinski definition) is 2. The highest BCUT2D eigenvalue weighted by atomic mass is 16.3. The molecule has 6 unspecified atom stereocenters. The van der Waals surface area contributed by atoms with E-state index in [0.29, 0.717) is 11.8 Å². The maximum atomic E-state index is 9.71. The number of allylic oxidation sites excluding steroid dienone is 2. The van der Waals surface area contributed by atoms with E-state index in [1.165, 1.54) is 12.8 Å². The van der Waals surface area contributed by atoms with E-state index in [4.69, 9.17) is 0 Å². The molecule has 0 bridgehead atoms. The Morgan fingerprint density at radius 2 is 1.12 bits per heavy atom. The van der Waals surface area contributed by atoms with Gasteiger partial charge in [0.05, 0.1) is 12.2 Å². The second-order valence-corrected chi connectivity index (χ2v) is 5.97. The minimum Gasteiger partial charge on any atom is -0.393 e. The molecule has 0 radical (unpaired) electrons. The topological polar surface area (TPSA) is 40.5 Å². The van der Waals surface area contributed by atoms with E-state index in [1.54, 1.807) is 0 Å². The molecule has 2 N–H and O–H groups in total. The Morgan fingerprint density at radius 1 is 0.688 bits per heavy atom. The van der Waals surface area contributed by atoms with Crippen LogP contribution < -0.4 is 0 Å². The van der Waals surface area contributed by atoms with E-state index >= 15 is 0 Å². The lowest BCUT2D eigenvalue weighted by Crippen LogP contribution is -2.40. The van der Waals surface area contributed by atoms with Crippen LogP contribution in [0.15, 0.2) is 12.2 Å². The third kappa shape index (κ3) is 1.82. The minimum atomic E-state index is -0.0726. The van der Waals surface area contributed by atoms with Gasteiger partial charge in [-0.1, -0.05) is 12.2 Å². The van der Waals surface area contributed by atoms with E-state index in [1.807, 2.05) is 0 Å². The quantitative estimate of drug-likeness (QED) is 0.616. The predicted molar refractivity (Wildman–Crippen MR) is 62.8 cm³/mol. The van der Waals surface area contributed by atoms with Crippen molar-refractivity contribution in [2.24, 2.45) is 23.7 Å². The molecule has 90 valence electrons. The Hall–Kier alpha value is -0.340. The fourth-order valence-electron chi connectivity index (χ4n) is 4.20. The van der Waals surface area contributed by atoms with E-state index in [9.17, 15) is 10.2 Å². The highest BCUT2D eigenvalue weighted by Gasteiger charge is 2.41. The van der Waals surface area contributed by atoms with Crippen LogP contribution in [-0.4, -0.2) is 22.4 Å². The third-order valence-electron chi connectivity index (χ3n) is 5.01. The molecule has 6 atom stereocenters. The van der Waals surface area contributed by atoms with Crippen LogP contribution in [0.5, 0.6) is 0 Å². The van der Waals surface area contributed by atoms with Crippen molar-refractivity contribution in [3.63, 3.8) is 0 Å². The van der Waals surface area contributed by atoms with Gasteiger partial charge in [-0.2, -0.15) is 0 Å². The summed E-state index contributed by atoms with van der Waals surface area (Å²) in [6.45, 7) is 0. The van der Waals surface area contributed by atoms with Crippen molar-refractivity contribution in [2.45, 2.75) is 50.7 Å². The maximum Gasteiger partial charge on any atom is 0.0546 e. The Morgan fingerprint density at radius 3 is 1.56 bits per heavy atom. The Kier molecular flexibility index (Phi) is 2.80. The van der Waals surface area contributed by atoms with Gasteiger partial charge in [-0.3, -0.25) is 0 Å². The number of hydrogen-bond donors (Lipinski definition) is 2. The van der Waals surface area contributed by atoms with Gasteiger partial charge >= 0.3 is 0 Å². The average molecular weight is 222 g/mol. The van der Waals surface area contributed by atoms with Gasteiger partial charge in [-0.05, 0) is 62.2 Å². The van der Waals surface area contributed by atoms with Crippen LogP contribution in [0.1, 0.15) is 38.5 Å². The van der Waals surface area contributed by atoms with Gasteiger partial charge in [0.2, 0.25) is 0 Å². The summed E-state index contributed by atoms with van der Waals surface area (Å²) in [7, 11) is 0. The van der Waals surface area contributed by atoms with Gasteiger partial charge in [-0.25, -0.2) is 0 Å². The number of fused-ring (bicyclic) bond motifs is 3. The zero-order chi connectivity index (χ0) is 11.1. The van der Waals surface area contributed by atoms with E-state index in [-0.39, 0.29) is 12.2 Å². The predicted octanol–water partition coefficient (Wildman–Crippen LogP) is 2.11. The van der Waals surface area contributed by atoms with E-state index in [0.717, 1.165) is 37.5 Å². The van der Waals surface area contributed by atoms with Crippen molar-refractivity contribution in [1.29, 1.82) is 0 Å². The highest BCUT2D eigenvalue weighted by molar-refractivity contribution is 5.08. The molecule has 2 fully saturated rings. The molecular formula is C14H22O2. The molecule has 16 heavy (non-hydrogen) atoms. The Balaban J connectivity index is 1.78. The summed E-state index contributed by atoms with van der Waals surface area (Å²) < 4.78 is 0. The zero-order valence-electron chi connectivity index (χ0n) is 9.76. The van der Waals surface area contributed by atoms with Crippen molar-refractivity contribution in [3.8, 4) is 0 Å². The fraction of sp³-hybridized carbons (Fsp3) is 0.857. The first-order chi connectivity index (χ1) is 7.74. The third-order valence-corrected chi connectivity index (χ3v) is 5.01. The second-order valence-electron chi connectivity index (χ2n) is 5.97. The Bertz CT molecular complexity index is 258. The zero-order valence-corrected chi connectivity index (χ0v) is 9.76. The molecule has 0 amide bonds. The van der Waals surface area contributed by atoms with Gasteiger partial charge in [-0.15, -0.1) is 0 Å². The summed E-state index contributed by atoms with van der Waals surface area (Å²) in [5.74, 6) is 2.79. The van der Waals surface area contributed by atoms with Crippen molar-refractivity contribution in [1.82, 2.24) is 0 Å². The second kappa shape index (κ2) is 4.15. The molecular weight excluding hydrogens is 200 g/mol. The molecule has 0 aromatic heterocycles. The van der Waals surface area contributed by atoms with Crippen molar-refractivity contribution in [2.75, 3.05) is 0 Å². The molecule has 3 rings (SSSR count). The molecule has 0 aromatic rings. The summed E-state index contributed by atoms with van der Waals surface area (Å²) in [5, 5.41) is 19.4. The first kappa shape index (κ1) is 10.8. The molecule has 2 heteroatoms. The summed E-state index contributed by atoms with van der Waals surface area (Å²) in [5.41, 5.74) is 0. The van der Waals surface area contributed by atoms with Crippen LogP contribution in [-0.2, 0) is 0 Å². The van der Waals surface area contributed by atoms with Gasteiger partial charge in [0.15, 0.2) is 0 Å². The lowest BCUT2D eigenvalue weighted by Gasteiger charge is -2.46. The number of aliphatic hydroxyl groups is 2. The van der Waals surface area contributed by atoms with Gasteiger partial charge in [0.25, 0.3) is 0 Å². The monoisotopic (exact) mass is 222 g/mol. The largest absolute Gasteiger partial charge is 0.393 e.